The Labute approximate surface area is 130 Å². The lowest BCUT2D eigenvalue weighted by Gasteiger charge is -2.30. The third-order valence-electron chi connectivity index (χ3n) is 4.02. The van der Waals surface area contributed by atoms with E-state index >= 15 is 0 Å². The predicted octanol–water partition coefficient (Wildman–Crippen LogP) is 3.63. The summed E-state index contributed by atoms with van der Waals surface area (Å²) in [7, 11) is 0. The van der Waals surface area contributed by atoms with Crippen LogP contribution in [0.5, 0.6) is 0 Å². The van der Waals surface area contributed by atoms with Crippen LogP contribution in [0.4, 0.5) is 10.5 Å². The largest absolute Gasteiger partial charge is 0.322 e. The van der Waals surface area contributed by atoms with Crippen LogP contribution in [0.3, 0.4) is 0 Å². The minimum absolute atomic E-state index is 0.0586. The number of hydrogen-bond acceptors (Lipinski definition) is 3. The van der Waals surface area contributed by atoms with E-state index in [4.69, 9.17) is 0 Å². The molecular weight excluding hydrogens is 276 g/mol. The first-order valence-corrected chi connectivity index (χ1v) is 7.72. The van der Waals surface area contributed by atoms with Gasteiger partial charge in [-0.05, 0) is 42.7 Å². The quantitative estimate of drug-likeness (QED) is 0.920. The molecule has 0 aromatic carbocycles. The Kier molecular flexibility index (Phi) is 4.63. The molecule has 1 N–H and O–H groups in total. The zero-order chi connectivity index (χ0) is 15.2. The van der Waals surface area contributed by atoms with Gasteiger partial charge in [0, 0.05) is 25.1 Å². The fraction of sp³-hybridized carbons (Fsp3) is 0.353. The maximum absolute atomic E-state index is 12.7. The number of carbonyl (C=O) groups is 1. The third kappa shape index (κ3) is 3.42. The van der Waals surface area contributed by atoms with E-state index in [9.17, 15) is 4.79 Å². The van der Waals surface area contributed by atoms with Crippen LogP contribution in [-0.2, 0) is 0 Å². The molecule has 2 aromatic rings. The van der Waals surface area contributed by atoms with Gasteiger partial charge in [0.15, 0.2) is 0 Å². The molecule has 2 amide bonds. The Bertz CT molecular complexity index is 603. The molecule has 0 saturated carbocycles. The van der Waals surface area contributed by atoms with Crippen molar-refractivity contribution in [2.24, 2.45) is 0 Å². The highest BCUT2D eigenvalue weighted by molar-refractivity contribution is 5.89. The summed E-state index contributed by atoms with van der Waals surface area (Å²) in [6.45, 7) is 0.777. The van der Waals surface area contributed by atoms with Crippen molar-refractivity contribution >= 4 is 11.7 Å². The molecule has 3 heterocycles. The molecule has 1 aliphatic heterocycles. The summed E-state index contributed by atoms with van der Waals surface area (Å²) in [5, 5.41) is 2.95. The second kappa shape index (κ2) is 7.02. The summed E-state index contributed by atoms with van der Waals surface area (Å²) in [5.41, 5.74) is 1.88. The highest BCUT2D eigenvalue weighted by Crippen LogP contribution is 2.30. The average Bonchev–Trinajstić information content (AvgIpc) is 2.82. The van der Waals surface area contributed by atoms with Gasteiger partial charge in [-0.1, -0.05) is 12.8 Å². The van der Waals surface area contributed by atoms with Gasteiger partial charge < -0.3 is 10.2 Å². The summed E-state index contributed by atoms with van der Waals surface area (Å²) in [4.78, 5) is 22.7. The number of likely N-dealkylation sites (tertiary alicyclic amines) is 1. The minimum Gasteiger partial charge on any atom is -0.317 e. The van der Waals surface area contributed by atoms with Crippen molar-refractivity contribution in [3.63, 3.8) is 0 Å². The van der Waals surface area contributed by atoms with Gasteiger partial charge in [-0.25, -0.2) is 4.79 Å². The molecule has 3 rings (SSSR count). The van der Waals surface area contributed by atoms with Crippen LogP contribution in [-0.4, -0.2) is 27.4 Å². The summed E-state index contributed by atoms with van der Waals surface area (Å²) in [6.07, 6.45) is 11.3. The fourth-order valence-electron chi connectivity index (χ4n) is 2.92. The monoisotopic (exact) mass is 296 g/mol. The highest BCUT2D eigenvalue weighted by Gasteiger charge is 2.26. The van der Waals surface area contributed by atoms with Crippen LogP contribution >= 0.6 is 0 Å². The van der Waals surface area contributed by atoms with Gasteiger partial charge in [0.05, 0.1) is 17.9 Å². The highest BCUT2D eigenvalue weighted by atomic mass is 16.2. The molecule has 2 aromatic heterocycles. The number of pyridine rings is 2. The molecule has 5 heteroatoms. The van der Waals surface area contributed by atoms with Gasteiger partial charge in [-0.15, -0.1) is 0 Å². The van der Waals surface area contributed by atoms with E-state index in [0.29, 0.717) is 0 Å². The van der Waals surface area contributed by atoms with Gasteiger partial charge in [0.1, 0.15) is 0 Å². The van der Waals surface area contributed by atoms with E-state index in [-0.39, 0.29) is 12.1 Å². The molecule has 1 saturated heterocycles. The first-order chi connectivity index (χ1) is 10.8. The summed E-state index contributed by atoms with van der Waals surface area (Å²) < 4.78 is 0. The number of nitrogens with zero attached hydrogens (tertiary/aromatic N) is 3. The number of nitrogens with one attached hydrogen (secondary N) is 1. The first kappa shape index (κ1) is 14.5. The molecule has 1 atom stereocenters. The summed E-state index contributed by atoms with van der Waals surface area (Å²) >= 11 is 0. The molecule has 0 radical (unpaired) electrons. The first-order valence-electron chi connectivity index (χ1n) is 7.72. The molecule has 0 spiro atoms. The number of amides is 2. The predicted molar refractivity (Wildman–Crippen MR) is 85.4 cm³/mol. The zero-order valence-electron chi connectivity index (χ0n) is 12.5. The second-order valence-electron chi connectivity index (χ2n) is 5.51. The Balaban J connectivity index is 1.80. The lowest BCUT2D eigenvalue weighted by molar-refractivity contribution is 0.189. The van der Waals surface area contributed by atoms with E-state index < -0.39 is 0 Å². The van der Waals surface area contributed by atoms with Gasteiger partial charge in [0.2, 0.25) is 0 Å². The normalized spacial score (nSPS) is 18.5. The van der Waals surface area contributed by atoms with E-state index in [1.807, 2.05) is 29.2 Å². The summed E-state index contributed by atoms with van der Waals surface area (Å²) in [6, 6.07) is 7.72. The van der Waals surface area contributed by atoms with E-state index in [1.54, 1.807) is 24.8 Å². The van der Waals surface area contributed by atoms with Crippen molar-refractivity contribution in [2.75, 3.05) is 11.9 Å². The van der Waals surface area contributed by atoms with Crippen LogP contribution in [0.25, 0.3) is 0 Å². The topological polar surface area (TPSA) is 58.1 Å². The lowest BCUT2D eigenvalue weighted by atomic mass is 10.0. The molecule has 1 aliphatic rings. The number of carbonyl (C=O) groups excluding carboxylic acids is 1. The SMILES string of the molecule is O=C(Nc1cccnc1)N1CCCCCC1c1ccncc1. The molecule has 5 nitrogen and oxygen atoms in total. The molecule has 0 bridgehead atoms. The second-order valence-corrected chi connectivity index (χ2v) is 5.51. The van der Waals surface area contributed by atoms with Crippen LogP contribution in [0.15, 0.2) is 49.1 Å². The number of urea groups is 1. The molecule has 1 unspecified atom stereocenters. The smallest absolute Gasteiger partial charge is 0.317 e. The fourth-order valence-corrected chi connectivity index (χ4v) is 2.92. The number of anilines is 1. The van der Waals surface area contributed by atoms with Crippen LogP contribution < -0.4 is 5.32 Å². The number of rotatable bonds is 2. The van der Waals surface area contributed by atoms with E-state index in [1.165, 1.54) is 0 Å². The van der Waals surface area contributed by atoms with E-state index in [2.05, 4.69) is 15.3 Å². The number of hydrogen-bond donors (Lipinski definition) is 1. The van der Waals surface area contributed by atoms with Gasteiger partial charge in [0.25, 0.3) is 0 Å². The van der Waals surface area contributed by atoms with Crippen LogP contribution in [0.2, 0.25) is 0 Å². The maximum Gasteiger partial charge on any atom is 0.322 e. The van der Waals surface area contributed by atoms with Crippen molar-refractivity contribution < 1.29 is 4.79 Å². The Morgan fingerprint density at radius 2 is 1.95 bits per heavy atom. The summed E-state index contributed by atoms with van der Waals surface area (Å²) in [5.74, 6) is 0. The van der Waals surface area contributed by atoms with Gasteiger partial charge >= 0.3 is 6.03 Å². The molecule has 1 fully saturated rings. The number of aromatic nitrogens is 2. The van der Waals surface area contributed by atoms with Crippen LogP contribution in [0.1, 0.15) is 37.3 Å². The van der Waals surface area contributed by atoms with E-state index in [0.717, 1.165) is 43.5 Å². The Hall–Kier alpha value is -2.43. The molecule has 22 heavy (non-hydrogen) atoms. The van der Waals surface area contributed by atoms with Gasteiger partial charge in [-0.3, -0.25) is 9.97 Å². The lowest BCUT2D eigenvalue weighted by Crippen LogP contribution is -2.38. The Morgan fingerprint density at radius 3 is 2.73 bits per heavy atom. The van der Waals surface area contributed by atoms with Crippen molar-refractivity contribution in [3.8, 4) is 0 Å². The van der Waals surface area contributed by atoms with Crippen molar-refractivity contribution in [1.29, 1.82) is 0 Å². The maximum atomic E-state index is 12.7. The Morgan fingerprint density at radius 1 is 1.09 bits per heavy atom. The third-order valence-corrected chi connectivity index (χ3v) is 4.02. The van der Waals surface area contributed by atoms with Crippen molar-refractivity contribution in [1.82, 2.24) is 14.9 Å². The molecule has 114 valence electrons. The van der Waals surface area contributed by atoms with Crippen LogP contribution in [0, 0.1) is 0 Å². The van der Waals surface area contributed by atoms with Crippen molar-refractivity contribution in [3.05, 3.63) is 54.6 Å². The van der Waals surface area contributed by atoms with Crippen molar-refractivity contribution in [2.45, 2.75) is 31.7 Å². The minimum atomic E-state index is -0.0586. The molecule has 0 aliphatic carbocycles. The standard InChI is InChI=1S/C17H20N4O/c22-17(20-15-5-4-9-19-13-15)21-12-3-1-2-6-16(21)14-7-10-18-11-8-14/h4-5,7-11,13,16H,1-3,6,12H2,(H,20,22). The zero-order valence-corrected chi connectivity index (χ0v) is 12.5. The molecular formula is C17H20N4O. The average molecular weight is 296 g/mol. The van der Waals surface area contributed by atoms with Gasteiger partial charge in [-0.2, -0.15) is 0 Å².